The smallest absolute Gasteiger partial charge is 0.0327 e. The Bertz CT molecular complexity index is 1380. The Kier molecular flexibility index (Phi) is 4.86. The van der Waals surface area contributed by atoms with Gasteiger partial charge in [-0.2, -0.15) is 0 Å². The predicted octanol–water partition coefficient (Wildman–Crippen LogP) is 7.57. The summed E-state index contributed by atoms with van der Waals surface area (Å²) in [5.41, 5.74) is 6.83. The van der Waals surface area contributed by atoms with Gasteiger partial charge in [0.05, 0.1) is 0 Å². The van der Waals surface area contributed by atoms with Gasteiger partial charge in [0, 0.05) is 11.1 Å². The van der Waals surface area contributed by atoms with Gasteiger partial charge in [0.1, 0.15) is 0 Å². The maximum atomic E-state index is 3.39. The molecule has 0 bridgehead atoms. The van der Waals surface area contributed by atoms with Crippen LogP contribution in [0.15, 0.2) is 121 Å². The van der Waals surface area contributed by atoms with Crippen LogP contribution in [0.4, 0.5) is 0 Å². The molecular formula is C30H20. The zero-order chi connectivity index (χ0) is 20.2. The fourth-order valence-electron chi connectivity index (χ4n) is 3.84. The Balaban J connectivity index is 1.54. The van der Waals surface area contributed by atoms with Crippen molar-refractivity contribution >= 4 is 10.8 Å². The van der Waals surface area contributed by atoms with Gasteiger partial charge < -0.3 is 0 Å². The van der Waals surface area contributed by atoms with E-state index in [-0.39, 0.29) is 0 Å². The summed E-state index contributed by atoms with van der Waals surface area (Å²) in [6, 6.07) is 42.2. The quantitative estimate of drug-likeness (QED) is 0.277. The van der Waals surface area contributed by atoms with Crippen molar-refractivity contribution in [1.82, 2.24) is 0 Å². The van der Waals surface area contributed by atoms with Gasteiger partial charge in [-0.15, -0.1) is 0 Å². The molecule has 0 unspecified atom stereocenters. The van der Waals surface area contributed by atoms with Crippen LogP contribution < -0.4 is 0 Å². The van der Waals surface area contributed by atoms with E-state index in [1.807, 2.05) is 12.1 Å². The first-order valence-corrected chi connectivity index (χ1v) is 10.1. The normalized spacial score (nSPS) is 10.4. The molecule has 5 aromatic rings. The summed E-state index contributed by atoms with van der Waals surface area (Å²) in [4.78, 5) is 0. The Morgan fingerprint density at radius 2 is 1.10 bits per heavy atom. The average molecular weight is 380 g/mol. The maximum Gasteiger partial charge on any atom is 0.0327 e. The minimum Gasteiger partial charge on any atom is -0.0622 e. The number of rotatable bonds is 2. The molecule has 0 aromatic heterocycles. The molecule has 0 aliphatic heterocycles. The van der Waals surface area contributed by atoms with Crippen molar-refractivity contribution in [3.63, 3.8) is 0 Å². The van der Waals surface area contributed by atoms with Crippen molar-refractivity contribution in [2.24, 2.45) is 0 Å². The highest BCUT2D eigenvalue weighted by Crippen LogP contribution is 2.29. The molecule has 0 nitrogen and oxygen atoms in total. The van der Waals surface area contributed by atoms with Crippen LogP contribution in [0.1, 0.15) is 11.1 Å². The van der Waals surface area contributed by atoms with Crippen LogP contribution >= 0.6 is 0 Å². The molecule has 0 radical (unpaired) electrons. The molecule has 5 aromatic carbocycles. The van der Waals surface area contributed by atoms with Crippen molar-refractivity contribution in [2.45, 2.75) is 0 Å². The molecule has 0 amide bonds. The molecule has 0 heterocycles. The van der Waals surface area contributed by atoms with Gasteiger partial charge in [-0.25, -0.2) is 0 Å². The second-order valence-electron chi connectivity index (χ2n) is 7.27. The standard InChI is InChI=1S/C30H20/c1-2-11-24(12-3-1)28-17-6-4-14-26(28)21-20-23-10-8-16-27(22-23)30-19-9-15-25-13-5-7-18-29(25)30/h1-19,22H. The van der Waals surface area contributed by atoms with E-state index in [0.29, 0.717) is 0 Å². The monoisotopic (exact) mass is 380 g/mol. The summed E-state index contributed by atoms with van der Waals surface area (Å²) in [5, 5.41) is 2.52. The fraction of sp³-hybridized carbons (Fsp3) is 0. The Hall–Kier alpha value is -4.08. The highest BCUT2D eigenvalue weighted by Gasteiger charge is 2.04. The van der Waals surface area contributed by atoms with E-state index in [4.69, 9.17) is 0 Å². The number of hydrogen-bond donors (Lipinski definition) is 0. The molecular weight excluding hydrogens is 360 g/mol. The summed E-state index contributed by atoms with van der Waals surface area (Å²) in [6.07, 6.45) is 0. The van der Waals surface area contributed by atoms with Crippen molar-refractivity contribution in [3.8, 4) is 34.1 Å². The van der Waals surface area contributed by atoms with Gasteiger partial charge in [-0.3, -0.25) is 0 Å². The van der Waals surface area contributed by atoms with Crippen LogP contribution in [0.25, 0.3) is 33.0 Å². The molecule has 0 atom stereocenters. The van der Waals surface area contributed by atoms with E-state index >= 15 is 0 Å². The lowest BCUT2D eigenvalue weighted by Crippen LogP contribution is -1.85. The Labute approximate surface area is 177 Å². The third kappa shape index (κ3) is 3.62. The number of hydrogen-bond acceptors (Lipinski definition) is 0. The number of fused-ring (bicyclic) bond motifs is 1. The molecule has 0 aliphatic rings. The fourth-order valence-corrected chi connectivity index (χ4v) is 3.84. The van der Waals surface area contributed by atoms with E-state index < -0.39 is 0 Å². The molecule has 0 saturated carbocycles. The molecule has 0 fully saturated rings. The first-order chi connectivity index (χ1) is 14.9. The van der Waals surface area contributed by atoms with Crippen LogP contribution in [0.3, 0.4) is 0 Å². The third-order valence-electron chi connectivity index (χ3n) is 5.32. The molecule has 5 rings (SSSR count). The highest BCUT2D eigenvalue weighted by molar-refractivity contribution is 5.96. The largest absolute Gasteiger partial charge is 0.0622 e. The lowest BCUT2D eigenvalue weighted by Gasteiger charge is -2.07. The first kappa shape index (κ1) is 18.0. The van der Waals surface area contributed by atoms with Gasteiger partial charge in [-0.1, -0.05) is 115 Å². The van der Waals surface area contributed by atoms with Crippen LogP contribution in [0, 0.1) is 11.8 Å². The Morgan fingerprint density at radius 1 is 0.433 bits per heavy atom. The Morgan fingerprint density at radius 3 is 2.03 bits per heavy atom. The van der Waals surface area contributed by atoms with E-state index in [0.717, 1.165) is 16.7 Å². The van der Waals surface area contributed by atoms with Gasteiger partial charge in [0.15, 0.2) is 0 Å². The summed E-state index contributed by atoms with van der Waals surface area (Å²) >= 11 is 0. The minimum atomic E-state index is 1.02. The molecule has 0 aliphatic carbocycles. The number of benzene rings is 5. The SMILES string of the molecule is C(#Cc1ccccc1-c1ccccc1)c1cccc(-c2cccc3ccccc23)c1. The van der Waals surface area contributed by atoms with Crippen LogP contribution in [0.2, 0.25) is 0 Å². The van der Waals surface area contributed by atoms with E-state index in [1.165, 1.54) is 27.5 Å². The average Bonchev–Trinajstić information content (AvgIpc) is 2.83. The molecule has 0 spiro atoms. The lowest BCUT2D eigenvalue weighted by atomic mass is 9.97. The van der Waals surface area contributed by atoms with Gasteiger partial charge in [0.25, 0.3) is 0 Å². The van der Waals surface area contributed by atoms with Gasteiger partial charge >= 0.3 is 0 Å². The van der Waals surface area contributed by atoms with Gasteiger partial charge in [0.2, 0.25) is 0 Å². The van der Waals surface area contributed by atoms with E-state index in [2.05, 4.69) is 121 Å². The maximum absolute atomic E-state index is 3.39. The van der Waals surface area contributed by atoms with Crippen molar-refractivity contribution in [2.75, 3.05) is 0 Å². The molecule has 0 saturated heterocycles. The summed E-state index contributed by atoms with van der Waals surface area (Å²) in [6.45, 7) is 0. The summed E-state index contributed by atoms with van der Waals surface area (Å²) in [7, 11) is 0. The highest BCUT2D eigenvalue weighted by atomic mass is 14.1. The van der Waals surface area contributed by atoms with Crippen LogP contribution in [-0.2, 0) is 0 Å². The van der Waals surface area contributed by atoms with Crippen molar-refractivity contribution < 1.29 is 0 Å². The molecule has 30 heavy (non-hydrogen) atoms. The molecule has 0 heteroatoms. The third-order valence-corrected chi connectivity index (χ3v) is 5.32. The van der Waals surface area contributed by atoms with E-state index in [1.54, 1.807) is 0 Å². The lowest BCUT2D eigenvalue weighted by molar-refractivity contribution is 1.58. The minimum absolute atomic E-state index is 1.02. The van der Waals surface area contributed by atoms with Crippen molar-refractivity contribution in [3.05, 3.63) is 132 Å². The van der Waals surface area contributed by atoms with Crippen LogP contribution in [0.5, 0.6) is 0 Å². The predicted molar refractivity (Wildman–Crippen MR) is 127 cm³/mol. The van der Waals surface area contributed by atoms with Crippen molar-refractivity contribution in [1.29, 1.82) is 0 Å². The van der Waals surface area contributed by atoms with E-state index in [9.17, 15) is 0 Å². The summed E-state index contributed by atoms with van der Waals surface area (Å²) in [5.74, 6) is 6.77. The zero-order valence-electron chi connectivity index (χ0n) is 16.5. The molecule has 0 N–H and O–H groups in total. The second kappa shape index (κ2) is 8.11. The molecule has 140 valence electrons. The van der Waals surface area contributed by atoms with Crippen LogP contribution in [-0.4, -0.2) is 0 Å². The first-order valence-electron chi connectivity index (χ1n) is 10.1. The second-order valence-corrected chi connectivity index (χ2v) is 7.27. The summed E-state index contributed by atoms with van der Waals surface area (Å²) < 4.78 is 0. The topological polar surface area (TPSA) is 0 Å². The van der Waals surface area contributed by atoms with Gasteiger partial charge in [-0.05, 0) is 51.2 Å². The zero-order valence-corrected chi connectivity index (χ0v) is 16.5.